The lowest BCUT2D eigenvalue weighted by atomic mass is 10.1. The lowest BCUT2D eigenvalue weighted by Crippen LogP contribution is -2.44. The first-order valence-corrected chi connectivity index (χ1v) is 7.33. The number of aliphatic hydroxyl groups excluding tert-OH is 1. The van der Waals surface area contributed by atoms with E-state index in [0.29, 0.717) is 26.3 Å². The number of carbonyl (C=O) groups excluding carboxylic acids is 1. The number of hydrogen-bond donors (Lipinski definition) is 1. The van der Waals surface area contributed by atoms with Crippen LogP contribution < -0.4 is 0 Å². The molecule has 0 spiro atoms. The van der Waals surface area contributed by atoms with E-state index in [1.807, 2.05) is 42.2 Å². The van der Waals surface area contributed by atoms with E-state index >= 15 is 0 Å². The minimum atomic E-state index is -0.479. The summed E-state index contributed by atoms with van der Waals surface area (Å²) in [6.07, 6.45) is -0.479. The molecule has 21 heavy (non-hydrogen) atoms. The van der Waals surface area contributed by atoms with Gasteiger partial charge in [-0.2, -0.15) is 0 Å². The van der Waals surface area contributed by atoms with Crippen molar-refractivity contribution in [3.8, 4) is 0 Å². The highest BCUT2D eigenvalue weighted by molar-refractivity contribution is 5.71. The van der Waals surface area contributed by atoms with Crippen LogP contribution in [0, 0.1) is 5.92 Å². The fourth-order valence-corrected chi connectivity index (χ4v) is 2.22. The molecule has 5 nitrogen and oxygen atoms in total. The predicted molar refractivity (Wildman–Crippen MR) is 78.7 cm³/mol. The van der Waals surface area contributed by atoms with Gasteiger partial charge in [0.2, 0.25) is 0 Å². The Bertz CT molecular complexity index is 437. The van der Waals surface area contributed by atoms with Gasteiger partial charge in [0.1, 0.15) is 6.61 Å². The third kappa shape index (κ3) is 5.46. The van der Waals surface area contributed by atoms with Crippen molar-refractivity contribution in [2.45, 2.75) is 19.6 Å². The molecule has 5 heteroatoms. The molecule has 0 unspecified atom stereocenters. The molecule has 0 amide bonds. The van der Waals surface area contributed by atoms with E-state index < -0.39 is 6.10 Å². The molecule has 116 valence electrons. The first kappa shape index (κ1) is 15.9. The Morgan fingerprint density at radius 3 is 2.95 bits per heavy atom. The van der Waals surface area contributed by atoms with Crippen molar-refractivity contribution >= 4 is 5.97 Å². The fraction of sp³-hybridized carbons (Fsp3) is 0.562. The van der Waals surface area contributed by atoms with Gasteiger partial charge < -0.3 is 14.6 Å². The molecule has 0 aromatic heterocycles. The summed E-state index contributed by atoms with van der Waals surface area (Å²) in [6, 6.07) is 9.59. The van der Waals surface area contributed by atoms with Gasteiger partial charge >= 0.3 is 5.97 Å². The van der Waals surface area contributed by atoms with Crippen LogP contribution in [0.4, 0.5) is 0 Å². The number of β-amino-alcohol motifs (C(OH)–C–C–N with tert-alkyl or cyclic N) is 1. The second-order valence-corrected chi connectivity index (χ2v) is 5.50. The first-order chi connectivity index (χ1) is 10.1. The lowest BCUT2D eigenvalue weighted by Gasteiger charge is -2.30. The predicted octanol–water partition coefficient (Wildman–Crippen LogP) is 1.06. The van der Waals surface area contributed by atoms with E-state index in [0.717, 1.165) is 5.56 Å². The molecule has 2 rings (SSSR count). The van der Waals surface area contributed by atoms with Crippen LogP contribution in [0.1, 0.15) is 12.5 Å². The molecular weight excluding hydrogens is 270 g/mol. The van der Waals surface area contributed by atoms with Gasteiger partial charge in [0, 0.05) is 19.0 Å². The second-order valence-electron chi connectivity index (χ2n) is 5.50. The summed E-state index contributed by atoms with van der Waals surface area (Å²) in [6.45, 7) is 4.65. The number of nitrogens with zero attached hydrogens (tertiary/aromatic N) is 1. The Morgan fingerprint density at radius 1 is 1.43 bits per heavy atom. The van der Waals surface area contributed by atoms with Crippen LogP contribution in [0.2, 0.25) is 0 Å². The molecule has 1 aromatic carbocycles. The smallest absolute Gasteiger partial charge is 0.320 e. The van der Waals surface area contributed by atoms with Gasteiger partial charge in [0.05, 0.1) is 25.9 Å². The molecule has 1 aromatic rings. The highest BCUT2D eigenvalue weighted by Crippen LogP contribution is 2.09. The molecule has 1 fully saturated rings. The summed E-state index contributed by atoms with van der Waals surface area (Å²) in [5.41, 5.74) is 0.968. The maximum Gasteiger partial charge on any atom is 0.320 e. The average molecular weight is 293 g/mol. The van der Waals surface area contributed by atoms with E-state index in [-0.39, 0.29) is 25.0 Å². The lowest BCUT2D eigenvalue weighted by molar-refractivity contribution is -0.147. The molecule has 0 radical (unpaired) electrons. The fourth-order valence-electron chi connectivity index (χ4n) is 2.22. The van der Waals surface area contributed by atoms with Crippen molar-refractivity contribution in [1.29, 1.82) is 0 Å². The van der Waals surface area contributed by atoms with Crippen LogP contribution in [0.5, 0.6) is 0 Å². The molecule has 1 aliphatic rings. The zero-order valence-electron chi connectivity index (χ0n) is 12.4. The Labute approximate surface area is 125 Å². The number of esters is 1. The van der Waals surface area contributed by atoms with Crippen molar-refractivity contribution in [2.75, 3.05) is 32.8 Å². The first-order valence-electron chi connectivity index (χ1n) is 7.33. The highest BCUT2D eigenvalue weighted by Gasteiger charge is 2.22. The average Bonchev–Trinajstić information content (AvgIpc) is 2.48. The summed E-state index contributed by atoms with van der Waals surface area (Å²) < 4.78 is 10.7. The van der Waals surface area contributed by atoms with E-state index in [1.165, 1.54) is 0 Å². The normalized spacial score (nSPS) is 24.1. The molecule has 1 N–H and O–H groups in total. The molecule has 1 heterocycles. The molecule has 0 aliphatic carbocycles. The van der Waals surface area contributed by atoms with Crippen molar-refractivity contribution in [3.05, 3.63) is 35.9 Å². The SMILES string of the molecule is C[C@H]1COCCN(CC(=O)OCc2ccccc2)C[C@@H]1O. The van der Waals surface area contributed by atoms with E-state index in [4.69, 9.17) is 9.47 Å². The largest absolute Gasteiger partial charge is 0.460 e. The quantitative estimate of drug-likeness (QED) is 0.841. The topological polar surface area (TPSA) is 59.0 Å². The standard InChI is InChI=1S/C16H23NO4/c1-13-11-20-8-7-17(9-15(13)18)10-16(19)21-12-14-5-3-2-4-6-14/h2-6,13,15,18H,7-12H2,1H3/t13-,15-/m0/s1. The minimum absolute atomic E-state index is 0.0770. The second kappa shape index (κ2) is 8.12. The summed E-state index contributed by atoms with van der Waals surface area (Å²) in [5.74, 6) is -0.201. The summed E-state index contributed by atoms with van der Waals surface area (Å²) in [5, 5.41) is 10.0. The zero-order valence-corrected chi connectivity index (χ0v) is 12.4. The number of carbonyl (C=O) groups is 1. The van der Waals surface area contributed by atoms with Crippen molar-refractivity contribution in [1.82, 2.24) is 4.90 Å². The maximum atomic E-state index is 11.9. The van der Waals surface area contributed by atoms with Gasteiger partial charge in [0.25, 0.3) is 0 Å². The van der Waals surface area contributed by atoms with Gasteiger partial charge in [-0.1, -0.05) is 37.3 Å². The van der Waals surface area contributed by atoms with Gasteiger partial charge in [-0.25, -0.2) is 0 Å². The Kier molecular flexibility index (Phi) is 6.17. The number of ether oxygens (including phenoxy) is 2. The van der Waals surface area contributed by atoms with E-state index in [2.05, 4.69) is 0 Å². The van der Waals surface area contributed by atoms with Crippen LogP contribution in [0.15, 0.2) is 30.3 Å². The molecule has 2 atom stereocenters. The number of hydrogen-bond acceptors (Lipinski definition) is 5. The van der Waals surface area contributed by atoms with Crippen LogP contribution in [-0.2, 0) is 20.9 Å². The summed E-state index contributed by atoms with van der Waals surface area (Å²) in [4.78, 5) is 13.8. The summed E-state index contributed by atoms with van der Waals surface area (Å²) >= 11 is 0. The van der Waals surface area contributed by atoms with Crippen molar-refractivity contribution < 1.29 is 19.4 Å². The molecule has 0 saturated carbocycles. The summed E-state index contributed by atoms with van der Waals surface area (Å²) in [7, 11) is 0. The van der Waals surface area contributed by atoms with E-state index in [9.17, 15) is 9.90 Å². The Hall–Kier alpha value is -1.43. The van der Waals surface area contributed by atoms with Gasteiger partial charge in [-0.05, 0) is 5.56 Å². The maximum absolute atomic E-state index is 11.9. The molecule has 1 saturated heterocycles. The van der Waals surface area contributed by atoms with Gasteiger partial charge in [-0.3, -0.25) is 9.69 Å². The van der Waals surface area contributed by atoms with E-state index in [1.54, 1.807) is 0 Å². The Morgan fingerprint density at radius 2 is 2.19 bits per heavy atom. The molecular formula is C16H23NO4. The van der Waals surface area contributed by atoms with Gasteiger partial charge in [-0.15, -0.1) is 0 Å². The van der Waals surface area contributed by atoms with Crippen LogP contribution in [0.3, 0.4) is 0 Å². The number of aliphatic hydroxyl groups is 1. The zero-order chi connectivity index (χ0) is 15.1. The minimum Gasteiger partial charge on any atom is -0.460 e. The van der Waals surface area contributed by atoms with Crippen LogP contribution in [-0.4, -0.2) is 54.9 Å². The molecule has 1 aliphatic heterocycles. The monoisotopic (exact) mass is 293 g/mol. The van der Waals surface area contributed by atoms with Crippen LogP contribution >= 0.6 is 0 Å². The van der Waals surface area contributed by atoms with Gasteiger partial charge in [0.15, 0.2) is 0 Å². The third-order valence-electron chi connectivity index (χ3n) is 3.63. The van der Waals surface area contributed by atoms with Crippen LogP contribution in [0.25, 0.3) is 0 Å². The van der Waals surface area contributed by atoms with Crippen molar-refractivity contribution in [3.63, 3.8) is 0 Å². The Balaban J connectivity index is 1.78. The number of benzene rings is 1. The molecule has 0 bridgehead atoms. The highest BCUT2D eigenvalue weighted by atomic mass is 16.5. The number of rotatable bonds is 4. The van der Waals surface area contributed by atoms with Crippen molar-refractivity contribution in [2.24, 2.45) is 5.92 Å². The third-order valence-corrected chi connectivity index (χ3v) is 3.63.